The van der Waals surface area contributed by atoms with Crippen LogP contribution >= 0.6 is 23.1 Å². The number of benzene rings is 1. The number of hydrogen-bond acceptors (Lipinski definition) is 5. The van der Waals surface area contributed by atoms with Gasteiger partial charge in [0.2, 0.25) is 5.13 Å². The fraction of sp³-hybridized carbons (Fsp3) is 0.318. The number of carbonyl (C=O) groups is 1. The summed E-state index contributed by atoms with van der Waals surface area (Å²) in [5.41, 5.74) is 3.57. The van der Waals surface area contributed by atoms with Crippen molar-refractivity contribution in [3.63, 3.8) is 0 Å². The number of aryl methyl sites for hydroxylation is 1. The number of allylic oxidation sites excluding steroid dienone is 2. The minimum absolute atomic E-state index is 0.0000940. The number of carboxylic acids is 1. The molecular weight excluding hydrogens is 421 g/mol. The van der Waals surface area contributed by atoms with E-state index in [1.807, 2.05) is 0 Å². The zero-order valence-electron chi connectivity index (χ0n) is 17.0. The van der Waals surface area contributed by atoms with E-state index in [0.717, 1.165) is 29.2 Å². The second kappa shape index (κ2) is 8.35. The quantitative estimate of drug-likeness (QED) is 0.459. The van der Waals surface area contributed by atoms with Crippen LogP contribution in [-0.2, 0) is 0 Å². The third kappa shape index (κ3) is 3.94. The molecule has 0 bridgehead atoms. The van der Waals surface area contributed by atoms with Crippen molar-refractivity contribution in [2.24, 2.45) is 0 Å². The molecule has 0 atom stereocenters. The van der Waals surface area contributed by atoms with Gasteiger partial charge in [0, 0.05) is 10.8 Å². The Kier molecular flexibility index (Phi) is 5.79. The van der Waals surface area contributed by atoms with Crippen molar-refractivity contribution < 1.29 is 14.3 Å². The number of aromatic nitrogens is 3. The van der Waals surface area contributed by atoms with E-state index in [1.54, 1.807) is 30.8 Å². The summed E-state index contributed by atoms with van der Waals surface area (Å²) >= 11 is 3.18. The number of halogens is 1. The van der Waals surface area contributed by atoms with Crippen molar-refractivity contribution in [2.75, 3.05) is 0 Å². The monoisotopic (exact) mass is 443 g/mol. The third-order valence-electron chi connectivity index (χ3n) is 4.83. The Morgan fingerprint density at radius 2 is 2.17 bits per heavy atom. The molecule has 30 heavy (non-hydrogen) atoms. The van der Waals surface area contributed by atoms with Gasteiger partial charge in [-0.3, -0.25) is 0 Å². The first-order chi connectivity index (χ1) is 14.3. The van der Waals surface area contributed by atoms with E-state index in [4.69, 9.17) is 4.98 Å². The maximum Gasteiger partial charge on any atom is 0.355 e. The Bertz CT molecular complexity index is 1150. The van der Waals surface area contributed by atoms with Crippen molar-refractivity contribution in [3.05, 3.63) is 53.2 Å². The number of thiazole rings is 1. The van der Waals surface area contributed by atoms with Gasteiger partial charge in [0.05, 0.1) is 15.6 Å². The summed E-state index contributed by atoms with van der Waals surface area (Å²) in [5, 5.41) is 15.4. The summed E-state index contributed by atoms with van der Waals surface area (Å²) < 4.78 is 16.3. The number of hydrogen-bond donors (Lipinski definition) is 1. The van der Waals surface area contributed by atoms with Crippen LogP contribution in [0.3, 0.4) is 0 Å². The van der Waals surface area contributed by atoms with Crippen molar-refractivity contribution in [1.29, 1.82) is 0 Å². The van der Waals surface area contributed by atoms with Crippen LogP contribution in [0.5, 0.6) is 0 Å². The molecule has 1 aliphatic carbocycles. The average molecular weight is 444 g/mol. The molecule has 5 nitrogen and oxygen atoms in total. The minimum atomic E-state index is -1.12. The van der Waals surface area contributed by atoms with Gasteiger partial charge in [-0.05, 0) is 49.5 Å². The zero-order chi connectivity index (χ0) is 21.4. The second-order valence-electron chi connectivity index (χ2n) is 7.46. The topological polar surface area (TPSA) is 68.0 Å². The number of carboxylic acid groups (broad SMARTS) is 1. The predicted molar refractivity (Wildman–Crippen MR) is 119 cm³/mol. The van der Waals surface area contributed by atoms with Crippen LogP contribution < -0.4 is 0 Å². The van der Waals surface area contributed by atoms with E-state index < -0.39 is 11.8 Å². The molecule has 0 radical (unpaired) electrons. The summed E-state index contributed by atoms with van der Waals surface area (Å²) in [7, 11) is 0. The van der Waals surface area contributed by atoms with Gasteiger partial charge < -0.3 is 5.11 Å². The molecule has 1 N–H and O–H groups in total. The van der Waals surface area contributed by atoms with Crippen molar-refractivity contribution in [2.45, 2.75) is 49.5 Å². The molecule has 0 spiro atoms. The molecule has 4 rings (SSSR count). The van der Waals surface area contributed by atoms with Gasteiger partial charge in [0.25, 0.3) is 0 Å². The molecule has 0 saturated carbocycles. The Morgan fingerprint density at radius 3 is 2.80 bits per heavy atom. The molecule has 8 heteroatoms. The molecular formula is C22H22FN3O2S2. The summed E-state index contributed by atoms with van der Waals surface area (Å²) in [5.74, 6) is -1.54. The number of thioether (sulfide) groups is 1. The first-order valence-corrected chi connectivity index (χ1v) is 11.5. The van der Waals surface area contributed by atoms with Gasteiger partial charge >= 0.3 is 5.97 Å². The van der Waals surface area contributed by atoms with Gasteiger partial charge in [-0.1, -0.05) is 43.4 Å². The maximum absolute atomic E-state index is 13.8. The number of rotatable bonds is 6. The Morgan fingerprint density at radius 1 is 1.37 bits per heavy atom. The van der Waals surface area contributed by atoms with Gasteiger partial charge in [-0.2, -0.15) is 9.78 Å². The maximum atomic E-state index is 13.8. The Hall–Kier alpha value is -2.45. The normalized spacial score (nSPS) is 13.8. The van der Waals surface area contributed by atoms with Gasteiger partial charge in [-0.25, -0.2) is 14.2 Å². The van der Waals surface area contributed by atoms with Crippen LogP contribution in [0, 0.1) is 12.7 Å². The highest BCUT2D eigenvalue weighted by molar-refractivity contribution is 8.01. The molecule has 0 saturated heterocycles. The lowest BCUT2D eigenvalue weighted by atomic mass is 10.0. The minimum Gasteiger partial charge on any atom is -0.476 e. The average Bonchev–Trinajstić information content (AvgIpc) is 3.39. The molecule has 2 heterocycles. The standard InChI is InChI=1S/C22H22FN3O2S2/c1-12(2)29-21-18(14-7-4-5-8-14)24-22(30-21)26-19(20(27)28)17(13(3)25-26)15-9-6-10-16(23)11-15/h6-7,9-12H,4-5,8H2,1-3H3,(H,27,28). The molecule has 3 aromatic rings. The molecule has 156 valence electrons. The number of nitrogens with zero attached hydrogens (tertiary/aromatic N) is 3. The summed E-state index contributed by atoms with van der Waals surface area (Å²) in [4.78, 5) is 17.0. The first-order valence-electron chi connectivity index (χ1n) is 9.81. The predicted octanol–water partition coefficient (Wildman–Crippen LogP) is 6.21. The molecule has 1 aliphatic rings. The molecule has 0 aliphatic heterocycles. The fourth-order valence-corrected chi connectivity index (χ4v) is 6.13. The number of aromatic carboxylic acids is 1. The lowest BCUT2D eigenvalue weighted by molar-refractivity contribution is 0.0688. The second-order valence-corrected chi connectivity index (χ2v) is 10.3. The van der Waals surface area contributed by atoms with Crippen molar-refractivity contribution in [3.8, 4) is 16.3 Å². The van der Waals surface area contributed by atoms with Gasteiger partial charge in [-0.15, -0.1) is 11.8 Å². The van der Waals surface area contributed by atoms with Crippen molar-refractivity contribution in [1.82, 2.24) is 14.8 Å². The van der Waals surface area contributed by atoms with Gasteiger partial charge in [0.15, 0.2) is 5.69 Å². The van der Waals surface area contributed by atoms with E-state index in [9.17, 15) is 14.3 Å². The van der Waals surface area contributed by atoms with E-state index in [-0.39, 0.29) is 5.69 Å². The van der Waals surface area contributed by atoms with E-state index in [1.165, 1.54) is 33.7 Å². The highest BCUT2D eigenvalue weighted by Gasteiger charge is 2.27. The third-order valence-corrected chi connectivity index (χ3v) is 7.07. The summed E-state index contributed by atoms with van der Waals surface area (Å²) in [6.07, 6.45) is 5.35. The lowest BCUT2D eigenvalue weighted by Crippen LogP contribution is -2.09. The molecule has 2 aromatic heterocycles. The van der Waals surface area contributed by atoms with Crippen molar-refractivity contribution >= 4 is 34.6 Å². The first kappa shape index (κ1) is 20.8. The van der Waals surface area contributed by atoms with Crippen LogP contribution in [-0.4, -0.2) is 31.1 Å². The summed E-state index contributed by atoms with van der Waals surface area (Å²) in [6.45, 7) is 5.99. The van der Waals surface area contributed by atoms with Gasteiger partial charge in [0.1, 0.15) is 5.82 Å². The lowest BCUT2D eigenvalue weighted by Gasteiger charge is -2.04. The zero-order valence-corrected chi connectivity index (χ0v) is 18.6. The molecule has 1 aromatic carbocycles. The molecule has 0 fully saturated rings. The summed E-state index contributed by atoms with van der Waals surface area (Å²) in [6, 6.07) is 5.93. The molecule has 0 unspecified atom stereocenters. The fourth-order valence-electron chi connectivity index (χ4n) is 3.62. The highest BCUT2D eigenvalue weighted by Crippen LogP contribution is 2.41. The van der Waals surface area contributed by atoms with E-state index in [2.05, 4.69) is 25.0 Å². The highest BCUT2D eigenvalue weighted by atomic mass is 32.2. The Labute approximate surface area is 182 Å². The molecule has 0 amide bonds. The van der Waals surface area contributed by atoms with Crippen LogP contribution in [0.1, 0.15) is 55.0 Å². The van der Waals surface area contributed by atoms with Crippen LogP contribution in [0.25, 0.3) is 21.8 Å². The van der Waals surface area contributed by atoms with Crippen LogP contribution in [0.15, 0.2) is 34.6 Å². The SMILES string of the molecule is Cc1nn(-c2nc(C3=CCCC3)c(SC(C)C)s2)c(C(=O)O)c1-c1cccc(F)c1. The smallest absolute Gasteiger partial charge is 0.355 e. The van der Waals surface area contributed by atoms with E-state index >= 15 is 0 Å². The van der Waals surface area contributed by atoms with Crippen LogP contribution in [0.4, 0.5) is 4.39 Å². The largest absolute Gasteiger partial charge is 0.476 e. The Balaban J connectivity index is 1.89. The van der Waals surface area contributed by atoms with Crippen LogP contribution in [0.2, 0.25) is 0 Å². The van der Waals surface area contributed by atoms with E-state index in [0.29, 0.717) is 27.2 Å².